The number of carboxylic acids is 1. The summed E-state index contributed by atoms with van der Waals surface area (Å²) in [5.74, 6) is -0.390. The fourth-order valence-corrected chi connectivity index (χ4v) is 2.04. The van der Waals surface area contributed by atoms with E-state index in [0.717, 1.165) is 25.0 Å². The number of aryl methyl sites for hydroxylation is 1. The molecule has 0 aliphatic heterocycles. The number of hydrogen-bond donors (Lipinski definition) is 3. The van der Waals surface area contributed by atoms with Gasteiger partial charge in [0.05, 0.1) is 5.56 Å². The molecule has 0 radical (unpaired) electrons. The first kappa shape index (κ1) is 16.4. The summed E-state index contributed by atoms with van der Waals surface area (Å²) in [6.45, 7) is 6.14. The van der Waals surface area contributed by atoms with Gasteiger partial charge in [0.25, 0.3) is 0 Å². The first-order valence-electron chi connectivity index (χ1n) is 7.07. The molecular weight excluding hydrogens is 256 g/mol. The normalized spacial score (nSPS) is 13.8. The van der Waals surface area contributed by atoms with Gasteiger partial charge in [-0.15, -0.1) is 0 Å². The monoisotopic (exact) mass is 280 g/mol. The number of anilines is 1. The maximum Gasteiger partial charge on any atom is 0.335 e. The quantitative estimate of drug-likeness (QED) is 0.682. The largest absolute Gasteiger partial charge is 0.478 e. The number of carboxylic acid groups (broad SMARTS) is 1. The van der Waals surface area contributed by atoms with Crippen LogP contribution in [-0.4, -0.2) is 33.3 Å². The summed E-state index contributed by atoms with van der Waals surface area (Å²) < 4.78 is 0. The predicted molar refractivity (Wildman–Crippen MR) is 79.2 cm³/mol. The van der Waals surface area contributed by atoms with Crippen molar-refractivity contribution in [2.75, 3.05) is 11.9 Å². The average molecular weight is 280 g/mol. The van der Waals surface area contributed by atoms with Gasteiger partial charge in [0.2, 0.25) is 0 Å². The van der Waals surface area contributed by atoms with Crippen molar-refractivity contribution in [3.05, 3.63) is 23.4 Å². The maximum atomic E-state index is 11.2. The molecule has 0 aliphatic carbocycles. The van der Waals surface area contributed by atoms with Crippen molar-refractivity contribution in [3.8, 4) is 0 Å². The van der Waals surface area contributed by atoms with Crippen LogP contribution >= 0.6 is 0 Å². The summed E-state index contributed by atoms with van der Waals surface area (Å²) in [7, 11) is 0. The van der Waals surface area contributed by atoms with E-state index in [9.17, 15) is 4.79 Å². The Bertz CT molecular complexity index is 462. The molecule has 112 valence electrons. The van der Waals surface area contributed by atoms with Crippen molar-refractivity contribution >= 4 is 11.8 Å². The van der Waals surface area contributed by atoms with Crippen molar-refractivity contribution in [3.63, 3.8) is 0 Å². The van der Waals surface area contributed by atoms with E-state index < -0.39 is 5.97 Å². The lowest BCUT2D eigenvalue weighted by Gasteiger charge is -2.30. The molecule has 0 aromatic carbocycles. The average Bonchev–Trinajstić information content (AvgIpc) is 2.39. The summed E-state index contributed by atoms with van der Waals surface area (Å²) in [6.07, 6.45) is 3.07. The number of nitrogens with one attached hydrogen (secondary N) is 1. The van der Waals surface area contributed by atoms with Crippen LogP contribution in [0.5, 0.6) is 0 Å². The van der Waals surface area contributed by atoms with Gasteiger partial charge in [-0.3, -0.25) is 0 Å². The zero-order chi connectivity index (χ0) is 15.2. The molecule has 1 atom stereocenters. The van der Waals surface area contributed by atoms with Crippen LogP contribution in [0.4, 0.5) is 5.82 Å². The van der Waals surface area contributed by atoms with Crippen LogP contribution < -0.4 is 5.32 Å². The molecule has 1 unspecified atom stereocenters. The molecular formula is C15H24N2O3. The van der Waals surface area contributed by atoms with Gasteiger partial charge in [-0.25, -0.2) is 9.78 Å². The fraction of sp³-hybridized carbons (Fsp3) is 0.600. The van der Waals surface area contributed by atoms with Gasteiger partial charge in [-0.05, 0) is 38.3 Å². The van der Waals surface area contributed by atoms with Gasteiger partial charge in [0.15, 0.2) is 0 Å². The third-order valence-corrected chi connectivity index (χ3v) is 3.51. The highest BCUT2D eigenvalue weighted by Crippen LogP contribution is 2.22. The number of aromatic nitrogens is 1. The Morgan fingerprint density at radius 1 is 1.40 bits per heavy atom. The summed E-state index contributed by atoms with van der Waals surface area (Å²) >= 11 is 0. The van der Waals surface area contributed by atoms with E-state index in [-0.39, 0.29) is 17.7 Å². The van der Waals surface area contributed by atoms with Gasteiger partial charge in [0, 0.05) is 17.8 Å². The lowest BCUT2D eigenvalue weighted by atomic mass is 9.95. The molecule has 0 aliphatic rings. The molecule has 0 bridgehead atoms. The van der Waals surface area contributed by atoms with Gasteiger partial charge in [0.1, 0.15) is 5.82 Å². The van der Waals surface area contributed by atoms with E-state index in [0.29, 0.717) is 12.2 Å². The number of hydrogen-bond acceptors (Lipinski definition) is 4. The minimum absolute atomic E-state index is 0.0811. The molecule has 1 heterocycles. The number of aliphatic hydroxyl groups excluding tert-OH is 1. The van der Waals surface area contributed by atoms with Crippen molar-refractivity contribution in [1.82, 2.24) is 4.98 Å². The Morgan fingerprint density at radius 3 is 2.60 bits per heavy atom. The molecule has 20 heavy (non-hydrogen) atoms. The van der Waals surface area contributed by atoms with Gasteiger partial charge >= 0.3 is 5.97 Å². The van der Waals surface area contributed by atoms with E-state index >= 15 is 0 Å². The third-order valence-electron chi connectivity index (χ3n) is 3.51. The summed E-state index contributed by atoms with van der Waals surface area (Å²) in [5, 5.41) is 21.6. The second-order valence-corrected chi connectivity index (χ2v) is 5.30. The Hall–Kier alpha value is -1.62. The second kappa shape index (κ2) is 7.24. The van der Waals surface area contributed by atoms with Crippen LogP contribution in [0.3, 0.4) is 0 Å². The second-order valence-electron chi connectivity index (χ2n) is 5.30. The molecule has 0 fully saturated rings. The van der Waals surface area contributed by atoms with Crippen LogP contribution in [0.15, 0.2) is 12.1 Å². The number of nitrogens with zero attached hydrogens (tertiary/aromatic N) is 1. The predicted octanol–water partition coefficient (Wildman–Crippen LogP) is 2.70. The molecule has 0 saturated carbocycles. The van der Waals surface area contributed by atoms with E-state index in [1.807, 2.05) is 20.8 Å². The Balaban J connectivity index is 3.06. The molecule has 0 saturated heterocycles. The molecule has 0 amide bonds. The summed E-state index contributed by atoms with van der Waals surface area (Å²) in [5.41, 5.74) is 0.730. The van der Waals surface area contributed by atoms with Gasteiger partial charge < -0.3 is 15.5 Å². The van der Waals surface area contributed by atoms with E-state index in [1.165, 1.54) is 0 Å². The van der Waals surface area contributed by atoms with E-state index in [4.69, 9.17) is 10.2 Å². The number of rotatable bonds is 8. The van der Waals surface area contributed by atoms with Crippen molar-refractivity contribution in [2.45, 2.75) is 52.0 Å². The topological polar surface area (TPSA) is 82.5 Å². The van der Waals surface area contributed by atoms with Crippen LogP contribution in [-0.2, 0) is 6.42 Å². The molecule has 5 heteroatoms. The number of aliphatic hydroxyl groups is 1. The lowest BCUT2D eigenvalue weighted by Crippen LogP contribution is -2.35. The van der Waals surface area contributed by atoms with E-state index in [2.05, 4.69) is 10.3 Å². The SMILES string of the molecule is CCCc1cc(C(=O)O)cc(NC(C)(CC)CCO)n1. The number of pyridine rings is 1. The van der Waals surface area contributed by atoms with Gasteiger partial charge in [-0.2, -0.15) is 0 Å². The standard InChI is InChI=1S/C15H24N2O3/c1-4-6-12-9-11(14(19)20)10-13(16-12)17-15(3,5-2)7-8-18/h9-10,18H,4-8H2,1-3H3,(H,16,17)(H,19,20). The zero-order valence-corrected chi connectivity index (χ0v) is 12.4. The Labute approximate surface area is 120 Å². The van der Waals surface area contributed by atoms with Crippen molar-refractivity contribution in [2.24, 2.45) is 0 Å². The van der Waals surface area contributed by atoms with Crippen LogP contribution in [0.1, 0.15) is 56.1 Å². The minimum atomic E-state index is -0.951. The smallest absolute Gasteiger partial charge is 0.335 e. The molecule has 3 N–H and O–H groups in total. The van der Waals surface area contributed by atoms with E-state index in [1.54, 1.807) is 12.1 Å². The Morgan fingerprint density at radius 2 is 2.10 bits per heavy atom. The first-order valence-corrected chi connectivity index (χ1v) is 7.07. The molecule has 1 aromatic rings. The third kappa shape index (κ3) is 4.49. The Kier molecular flexibility index (Phi) is 5.95. The van der Waals surface area contributed by atoms with Crippen molar-refractivity contribution < 1.29 is 15.0 Å². The van der Waals surface area contributed by atoms with Crippen LogP contribution in [0.25, 0.3) is 0 Å². The fourth-order valence-electron chi connectivity index (χ4n) is 2.04. The molecule has 1 rings (SSSR count). The molecule has 1 aromatic heterocycles. The van der Waals surface area contributed by atoms with Crippen LogP contribution in [0.2, 0.25) is 0 Å². The number of carbonyl (C=O) groups is 1. The highest BCUT2D eigenvalue weighted by atomic mass is 16.4. The lowest BCUT2D eigenvalue weighted by molar-refractivity contribution is 0.0696. The minimum Gasteiger partial charge on any atom is -0.478 e. The number of aromatic carboxylic acids is 1. The van der Waals surface area contributed by atoms with Crippen LogP contribution in [0, 0.1) is 0 Å². The highest BCUT2D eigenvalue weighted by Gasteiger charge is 2.22. The maximum absolute atomic E-state index is 11.2. The summed E-state index contributed by atoms with van der Waals surface area (Å²) in [6, 6.07) is 3.17. The zero-order valence-electron chi connectivity index (χ0n) is 12.4. The first-order chi connectivity index (χ1) is 9.44. The summed E-state index contributed by atoms with van der Waals surface area (Å²) in [4.78, 5) is 15.6. The molecule has 0 spiro atoms. The molecule has 5 nitrogen and oxygen atoms in total. The highest BCUT2D eigenvalue weighted by molar-refractivity contribution is 5.88. The van der Waals surface area contributed by atoms with Gasteiger partial charge in [-0.1, -0.05) is 20.3 Å². The van der Waals surface area contributed by atoms with Crippen molar-refractivity contribution in [1.29, 1.82) is 0 Å².